The first-order valence-electron chi connectivity index (χ1n) is 33.6. The number of rotatable bonds is 59. The van der Waals surface area contributed by atoms with Gasteiger partial charge >= 0.3 is 17.9 Å². The lowest BCUT2D eigenvalue weighted by Gasteiger charge is -2.18. The van der Waals surface area contributed by atoms with Gasteiger partial charge in [-0.1, -0.05) is 294 Å². The molecule has 0 spiro atoms. The van der Waals surface area contributed by atoms with Crippen LogP contribution in [0.1, 0.15) is 278 Å². The van der Waals surface area contributed by atoms with E-state index < -0.39 is 6.10 Å². The monoisotopic (exact) mass is 1140 g/mol. The van der Waals surface area contributed by atoms with Crippen LogP contribution in [0.15, 0.2) is 170 Å². The van der Waals surface area contributed by atoms with Crippen LogP contribution >= 0.6 is 0 Å². The lowest BCUT2D eigenvalue weighted by molar-refractivity contribution is -0.167. The maximum Gasteiger partial charge on any atom is 0.306 e. The first kappa shape index (κ1) is 77.8. The fourth-order valence-electron chi connectivity index (χ4n) is 8.76. The highest BCUT2D eigenvalue weighted by molar-refractivity contribution is 5.71. The van der Waals surface area contributed by atoms with Crippen LogP contribution in [0.5, 0.6) is 0 Å². The highest BCUT2D eigenvalue weighted by Crippen LogP contribution is 2.15. The summed E-state index contributed by atoms with van der Waals surface area (Å²) >= 11 is 0. The van der Waals surface area contributed by atoms with E-state index in [0.717, 1.165) is 173 Å². The van der Waals surface area contributed by atoms with Crippen molar-refractivity contribution in [2.75, 3.05) is 13.2 Å². The van der Waals surface area contributed by atoms with Crippen molar-refractivity contribution in [2.45, 2.75) is 284 Å². The topological polar surface area (TPSA) is 78.9 Å². The molecule has 0 saturated heterocycles. The average Bonchev–Trinajstić information content (AvgIpc) is 3.50. The van der Waals surface area contributed by atoms with E-state index in [1.54, 1.807) is 0 Å². The summed E-state index contributed by atoms with van der Waals surface area (Å²) in [5.74, 6) is -0.928. The smallest absolute Gasteiger partial charge is 0.306 e. The Morgan fingerprint density at radius 3 is 0.735 bits per heavy atom. The van der Waals surface area contributed by atoms with E-state index in [2.05, 4.69) is 191 Å². The summed E-state index contributed by atoms with van der Waals surface area (Å²) in [6.45, 7) is 6.35. The largest absolute Gasteiger partial charge is 0.462 e. The van der Waals surface area contributed by atoms with Crippen molar-refractivity contribution in [3.8, 4) is 0 Å². The summed E-state index contributed by atoms with van der Waals surface area (Å²) < 4.78 is 16.8. The highest BCUT2D eigenvalue weighted by atomic mass is 16.6. The fraction of sp³-hybridized carbons (Fsp3) is 0.597. The molecule has 1 atom stereocenters. The number of hydrogen-bond donors (Lipinski definition) is 0. The van der Waals surface area contributed by atoms with Crippen molar-refractivity contribution in [3.05, 3.63) is 170 Å². The second-order valence-corrected chi connectivity index (χ2v) is 21.6. The third-order valence-electron chi connectivity index (χ3n) is 13.7. The summed E-state index contributed by atoms with van der Waals surface area (Å²) in [5.41, 5.74) is 0. The van der Waals surface area contributed by atoms with E-state index in [1.165, 1.54) is 64.2 Å². The zero-order chi connectivity index (χ0) is 59.9. The van der Waals surface area contributed by atoms with Crippen LogP contribution in [-0.2, 0) is 28.6 Å². The van der Waals surface area contributed by atoms with Gasteiger partial charge < -0.3 is 14.2 Å². The van der Waals surface area contributed by atoms with E-state index in [4.69, 9.17) is 14.2 Å². The van der Waals surface area contributed by atoms with Crippen molar-refractivity contribution in [1.82, 2.24) is 0 Å². The molecule has 0 aliphatic rings. The van der Waals surface area contributed by atoms with E-state index in [9.17, 15) is 14.4 Å². The molecule has 0 aromatic heterocycles. The molecule has 466 valence electrons. The quantitative estimate of drug-likeness (QED) is 0.0261. The van der Waals surface area contributed by atoms with Crippen LogP contribution in [0.3, 0.4) is 0 Å². The Bertz CT molecular complexity index is 1890. The molecule has 6 heteroatoms. The van der Waals surface area contributed by atoms with Crippen LogP contribution < -0.4 is 0 Å². The van der Waals surface area contributed by atoms with Gasteiger partial charge in [-0.2, -0.15) is 0 Å². The number of unbranched alkanes of at least 4 members (excludes halogenated alkanes) is 20. The minimum atomic E-state index is -0.796. The summed E-state index contributed by atoms with van der Waals surface area (Å²) in [7, 11) is 0. The van der Waals surface area contributed by atoms with Crippen molar-refractivity contribution in [2.24, 2.45) is 0 Å². The maximum atomic E-state index is 12.9. The maximum absolute atomic E-state index is 12.9. The lowest BCUT2D eigenvalue weighted by Crippen LogP contribution is -2.30. The van der Waals surface area contributed by atoms with Gasteiger partial charge in [0.2, 0.25) is 0 Å². The molecule has 1 unspecified atom stereocenters. The predicted molar refractivity (Wildman–Crippen MR) is 361 cm³/mol. The molecule has 0 fully saturated rings. The average molecular weight is 1140 g/mol. The van der Waals surface area contributed by atoms with Crippen LogP contribution in [0.2, 0.25) is 0 Å². The number of carbonyl (C=O) groups excluding carboxylic acids is 3. The Balaban J connectivity index is 4.22. The first-order chi connectivity index (χ1) is 41.0. The van der Waals surface area contributed by atoms with E-state index in [-0.39, 0.29) is 31.1 Å². The molecule has 0 bridgehead atoms. The zero-order valence-electron chi connectivity index (χ0n) is 53.4. The molecular formula is C77H122O6. The van der Waals surface area contributed by atoms with Crippen molar-refractivity contribution >= 4 is 17.9 Å². The second-order valence-electron chi connectivity index (χ2n) is 21.6. The number of esters is 3. The Hall–Kier alpha value is -5.23. The van der Waals surface area contributed by atoms with Gasteiger partial charge in [-0.25, -0.2) is 0 Å². The first-order valence-corrected chi connectivity index (χ1v) is 33.6. The van der Waals surface area contributed by atoms with E-state index in [1.807, 2.05) is 0 Å². The number of carbonyl (C=O) groups is 3. The second kappa shape index (κ2) is 69.3. The van der Waals surface area contributed by atoms with Crippen molar-refractivity contribution < 1.29 is 28.6 Å². The molecule has 0 rings (SSSR count). The van der Waals surface area contributed by atoms with Crippen LogP contribution in [-0.4, -0.2) is 37.2 Å². The molecule has 0 radical (unpaired) electrons. The summed E-state index contributed by atoms with van der Waals surface area (Å²) in [4.78, 5) is 38.1. The summed E-state index contributed by atoms with van der Waals surface area (Å²) in [5, 5.41) is 0. The zero-order valence-corrected chi connectivity index (χ0v) is 53.4. The van der Waals surface area contributed by atoms with Gasteiger partial charge in [0.1, 0.15) is 13.2 Å². The minimum absolute atomic E-state index is 0.0922. The third-order valence-corrected chi connectivity index (χ3v) is 13.7. The van der Waals surface area contributed by atoms with Crippen molar-refractivity contribution in [3.63, 3.8) is 0 Å². The molecule has 83 heavy (non-hydrogen) atoms. The molecular weight excluding hydrogens is 1020 g/mol. The lowest BCUT2D eigenvalue weighted by atomic mass is 10.1. The molecule has 0 heterocycles. The SMILES string of the molecule is CC/C=C\C/C=C\C/C=C\C/C=C\C/C=C\C/C=C\C/C=C\C/C=C\C/C=C\CCCCCCCC(=O)OCC(COC(=O)CCCCCCCCC)OC(=O)CCCCCCCCCCC/C=C\C/C=C\C/C=C\C/C=C\C/C=C\CC. The highest BCUT2D eigenvalue weighted by Gasteiger charge is 2.19. The van der Waals surface area contributed by atoms with Gasteiger partial charge in [-0.3, -0.25) is 14.4 Å². The summed E-state index contributed by atoms with van der Waals surface area (Å²) in [6.07, 6.45) is 102. The molecule has 0 N–H and O–H groups in total. The molecule has 0 aliphatic heterocycles. The van der Waals surface area contributed by atoms with E-state index in [0.29, 0.717) is 19.3 Å². The third kappa shape index (κ3) is 67.4. The van der Waals surface area contributed by atoms with Crippen LogP contribution in [0.25, 0.3) is 0 Å². The Morgan fingerprint density at radius 2 is 0.470 bits per heavy atom. The Labute approximate surface area is 511 Å². The minimum Gasteiger partial charge on any atom is -0.462 e. The normalized spacial score (nSPS) is 13.2. The number of allylic oxidation sites excluding steroid dienone is 28. The Morgan fingerprint density at radius 1 is 0.253 bits per heavy atom. The van der Waals surface area contributed by atoms with Gasteiger partial charge in [0.15, 0.2) is 6.10 Å². The molecule has 0 saturated carbocycles. The standard InChI is InChI=1S/C77H122O6/c1-4-7-10-13-16-18-20-22-24-26-28-30-32-34-35-36-37-38-39-40-41-43-44-46-48-50-52-54-56-58-61-64-67-70-76(79)82-73-74(72-81-75(78)69-66-63-60-15-12-9-6-3)83-77(80)71-68-65-62-59-57-55-53-51-49-47-45-42-33-31-29-27-25-23-21-19-17-14-11-8-5-2/h7-8,10-11,16-19,22-25,28-31,34-35,37-38,40-42,44-46,50,52,74H,4-6,9,12-15,20-21,26-27,32-33,36,39,43,47-49,51,53-73H2,1-3H3/b10-7-,11-8-,18-16-,19-17-,24-22-,25-23-,30-28-,31-29-,35-34-,38-37-,41-40-,45-42-,46-44-,52-50-. The molecule has 6 nitrogen and oxygen atoms in total. The molecule has 0 amide bonds. The summed E-state index contributed by atoms with van der Waals surface area (Å²) in [6, 6.07) is 0. The predicted octanol–water partition coefficient (Wildman–Crippen LogP) is 23.4. The van der Waals surface area contributed by atoms with Gasteiger partial charge in [0, 0.05) is 19.3 Å². The van der Waals surface area contributed by atoms with Gasteiger partial charge in [0.25, 0.3) is 0 Å². The van der Waals surface area contributed by atoms with Crippen LogP contribution in [0, 0.1) is 0 Å². The fourth-order valence-corrected chi connectivity index (χ4v) is 8.76. The molecule has 0 aromatic rings. The molecule has 0 aliphatic carbocycles. The van der Waals surface area contributed by atoms with Gasteiger partial charge in [-0.15, -0.1) is 0 Å². The van der Waals surface area contributed by atoms with Crippen LogP contribution in [0.4, 0.5) is 0 Å². The van der Waals surface area contributed by atoms with Crippen molar-refractivity contribution in [1.29, 1.82) is 0 Å². The van der Waals surface area contributed by atoms with E-state index >= 15 is 0 Å². The van der Waals surface area contributed by atoms with Gasteiger partial charge in [-0.05, 0) is 135 Å². The number of hydrogen-bond acceptors (Lipinski definition) is 6. The Kier molecular flexibility index (Phi) is 64.9. The van der Waals surface area contributed by atoms with Gasteiger partial charge in [0.05, 0.1) is 0 Å². The molecule has 0 aromatic carbocycles. The number of ether oxygens (including phenoxy) is 3.